The van der Waals surface area contributed by atoms with Gasteiger partial charge in [-0.25, -0.2) is 0 Å². The summed E-state index contributed by atoms with van der Waals surface area (Å²) in [5, 5.41) is 11.3. The van der Waals surface area contributed by atoms with Crippen LogP contribution in [-0.4, -0.2) is 9.91 Å². The molecule has 0 aliphatic rings. The molecule has 0 saturated carbocycles. The van der Waals surface area contributed by atoms with Crippen LogP contribution in [0.2, 0.25) is 10.0 Å². The molecule has 0 spiro atoms. The highest BCUT2D eigenvalue weighted by Crippen LogP contribution is 2.36. The number of nitrogens with two attached hydrogens (primary N) is 1. The number of rotatable bonds is 3. The minimum Gasteiger partial charge on any atom is -0.437 e. The number of hydrogen-bond acceptors (Lipinski definition) is 5. The molecule has 0 fully saturated rings. The Balaban J connectivity index is 2.33. The second-order valence-corrected chi connectivity index (χ2v) is 5.28. The number of aromatic nitrogens is 1. The first-order chi connectivity index (χ1) is 9.38. The van der Waals surface area contributed by atoms with Crippen LogP contribution in [0, 0.1) is 10.1 Å². The second-order valence-electron chi connectivity index (χ2n) is 3.61. The molecule has 0 amide bonds. The van der Waals surface area contributed by atoms with Gasteiger partial charge in [0.25, 0.3) is 0 Å². The average molecular weight is 379 g/mol. The Morgan fingerprint density at radius 1 is 1.30 bits per heavy atom. The van der Waals surface area contributed by atoms with Crippen LogP contribution < -0.4 is 10.5 Å². The molecule has 1 heterocycles. The standard InChI is InChI=1S/C11H6BrCl2N3O3/c12-5-3-7(14)9(4-6(5)13)20-10-2-1-8(17(18)19)11(15)16-10/h1-4H,(H2,15,16). The third kappa shape index (κ3) is 3.12. The molecule has 0 bridgehead atoms. The average Bonchev–Trinajstić information content (AvgIpc) is 2.35. The SMILES string of the molecule is Nc1nc(Oc2cc(Cl)c(Br)cc2Cl)ccc1[N+](=O)[O-]. The summed E-state index contributed by atoms with van der Waals surface area (Å²) >= 11 is 15.1. The van der Waals surface area contributed by atoms with Crippen LogP contribution in [-0.2, 0) is 0 Å². The minimum atomic E-state index is -0.629. The van der Waals surface area contributed by atoms with Crippen LogP contribution >= 0.6 is 39.1 Å². The topological polar surface area (TPSA) is 91.3 Å². The van der Waals surface area contributed by atoms with Crippen LogP contribution in [0.5, 0.6) is 11.6 Å². The van der Waals surface area contributed by atoms with Gasteiger partial charge in [-0.1, -0.05) is 23.2 Å². The Morgan fingerprint density at radius 2 is 2.00 bits per heavy atom. The molecular weight excluding hydrogens is 373 g/mol. The van der Waals surface area contributed by atoms with Crippen molar-refractivity contribution in [2.45, 2.75) is 0 Å². The van der Waals surface area contributed by atoms with Gasteiger partial charge in [-0.05, 0) is 22.0 Å². The number of pyridine rings is 1. The Hall–Kier alpha value is -1.57. The zero-order chi connectivity index (χ0) is 14.9. The Kier molecular flexibility index (Phi) is 4.32. The van der Waals surface area contributed by atoms with Gasteiger partial charge in [-0.15, -0.1) is 0 Å². The molecular formula is C11H6BrCl2N3O3. The van der Waals surface area contributed by atoms with Gasteiger partial charge in [0.1, 0.15) is 5.75 Å². The molecule has 0 radical (unpaired) electrons. The first kappa shape index (κ1) is 14.8. The lowest BCUT2D eigenvalue weighted by atomic mass is 10.3. The summed E-state index contributed by atoms with van der Waals surface area (Å²) in [5.41, 5.74) is 5.17. The van der Waals surface area contributed by atoms with Crippen LogP contribution in [0.4, 0.5) is 11.5 Å². The fourth-order valence-corrected chi connectivity index (χ4v) is 2.19. The van der Waals surface area contributed by atoms with Crippen LogP contribution in [0.1, 0.15) is 0 Å². The third-order valence-corrected chi connectivity index (χ3v) is 3.76. The van der Waals surface area contributed by atoms with Gasteiger partial charge >= 0.3 is 5.69 Å². The zero-order valence-electron chi connectivity index (χ0n) is 9.64. The number of nitrogens with zero attached hydrogens (tertiary/aromatic N) is 2. The summed E-state index contributed by atoms with van der Waals surface area (Å²) in [6, 6.07) is 5.58. The Morgan fingerprint density at radius 3 is 2.60 bits per heavy atom. The van der Waals surface area contributed by atoms with E-state index in [4.69, 9.17) is 33.7 Å². The molecule has 2 N–H and O–H groups in total. The molecule has 1 aromatic heterocycles. The van der Waals surface area contributed by atoms with Crippen molar-refractivity contribution in [3.63, 3.8) is 0 Å². The largest absolute Gasteiger partial charge is 0.437 e. The molecule has 0 aliphatic carbocycles. The van der Waals surface area contributed by atoms with Crippen molar-refractivity contribution in [2.24, 2.45) is 0 Å². The predicted octanol–water partition coefficient (Wildman–Crippen LogP) is 4.43. The number of hydrogen-bond donors (Lipinski definition) is 1. The first-order valence-electron chi connectivity index (χ1n) is 5.12. The van der Waals surface area contributed by atoms with Gasteiger partial charge in [0, 0.05) is 22.7 Å². The van der Waals surface area contributed by atoms with E-state index in [0.29, 0.717) is 14.5 Å². The number of ether oxygens (including phenoxy) is 1. The van der Waals surface area contributed by atoms with E-state index >= 15 is 0 Å². The van der Waals surface area contributed by atoms with Crippen molar-refractivity contribution in [3.8, 4) is 11.6 Å². The Labute approximate surface area is 131 Å². The van der Waals surface area contributed by atoms with Crippen molar-refractivity contribution in [1.29, 1.82) is 0 Å². The molecule has 6 nitrogen and oxygen atoms in total. The van der Waals surface area contributed by atoms with Crippen molar-refractivity contribution in [1.82, 2.24) is 4.98 Å². The summed E-state index contributed by atoms with van der Waals surface area (Å²) in [5.74, 6) is 0.0980. The lowest BCUT2D eigenvalue weighted by Gasteiger charge is -2.08. The van der Waals surface area contributed by atoms with E-state index in [2.05, 4.69) is 20.9 Å². The Bertz CT molecular complexity index is 697. The summed E-state index contributed by atoms with van der Waals surface area (Å²) in [7, 11) is 0. The lowest BCUT2D eigenvalue weighted by Crippen LogP contribution is -1.99. The predicted molar refractivity (Wildman–Crippen MR) is 79.5 cm³/mol. The quantitative estimate of drug-likeness (QED) is 0.484. The fourth-order valence-electron chi connectivity index (χ4n) is 1.36. The van der Waals surface area contributed by atoms with Crippen molar-refractivity contribution < 1.29 is 9.66 Å². The van der Waals surface area contributed by atoms with Gasteiger partial charge in [-0.3, -0.25) is 10.1 Å². The monoisotopic (exact) mass is 377 g/mol. The molecule has 1 aromatic carbocycles. The number of nitro groups is 1. The van der Waals surface area contributed by atoms with Crippen molar-refractivity contribution in [2.75, 3.05) is 5.73 Å². The number of anilines is 1. The van der Waals surface area contributed by atoms with Gasteiger partial charge < -0.3 is 10.5 Å². The minimum absolute atomic E-state index is 0.0772. The first-order valence-corrected chi connectivity index (χ1v) is 6.66. The number of halogens is 3. The van der Waals surface area contributed by atoms with E-state index < -0.39 is 4.92 Å². The summed E-state index contributed by atoms with van der Waals surface area (Å²) in [6.45, 7) is 0. The molecule has 0 saturated heterocycles. The summed E-state index contributed by atoms with van der Waals surface area (Å²) in [4.78, 5) is 13.8. The fraction of sp³-hybridized carbons (Fsp3) is 0. The van der Waals surface area contributed by atoms with Gasteiger partial charge in [0.15, 0.2) is 0 Å². The molecule has 2 rings (SSSR count). The third-order valence-electron chi connectivity index (χ3n) is 2.26. The lowest BCUT2D eigenvalue weighted by molar-refractivity contribution is -0.384. The molecule has 2 aromatic rings. The maximum Gasteiger partial charge on any atom is 0.311 e. The van der Waals surface area contributed by atoms with Gasteiger partial charge in [-0.2, -0.15) is 4.98 Å². The molecule has 0 atom stereocenters. The summed E-state index contributed by atoms with van der Waals surface area (Å²) < 4.78 is 6.03. The van der Waals surface area contributed by atoms with Crippen molar-refractivity contribution in [3.05, 3.63) is 48.9 Å². The smallest absolute Gasteiger partial charge is 0.311 e. The highest BCUT2D eigenvalue weighted by Gasteiger charge is 2.15. The molecule has 104 valence electrons. The molecule has 0 aliphatic heterocycles. The van der Waals surface area contributed by atoms with E-state index in [-0.39, 0.29) is 23.1 Å². The molecule has 20 heavy (non-hydrogen) atoms. The molecule has 9 heteroatoms. The van der Waals surface area contributed by atoms with E-state index in [0.717, 1.165) is 0 Å². The molecule has 0 unspecified atom stereocenters. The van der Waals surface area contributed by atoms with E-state index in [1.807, 2.05) is 0 Å². The number of nitrogen functional groups attached to an aromatic ring is 1. The van der Waals surface area contributed by atoms with Gasteiger partial charge in [0.05, 0.1) is 15.0 Å². The van der Waals surface area contributed by atoms with E-state index in [1.165, 1.54) is 18.2 Å². The van der Waals surface area contributed by atoms with Crippen LogP contribution in [0.25, 0.3) is 0 Å². The highest BCUT2D eigenvalue weighted by molar-refractivity contribution is 9.10. The second kappa shape index (κ2) is 5.82. The number of benzene rings is 1. The van der Waals surface area contributed by atoms with E-state index in [9.17, 15) is 10.1 Å². The van der Waals surface area contributed by atoms with E-state index in [1.54, 1.807) is 6.07 Å². The highest BCUT2D eigenvalue weighted by atomic mass is 79.9. The van der Waals surface area contributed by atoms with Gasteiger partial charge in [0.2, 0.25) is 11.7 Å². The normalized spacial score (nSPS) is 10.3. The summed E-state index contributed by atoms with van der Waals surface area (Å²) in [6.07, 6.45) is 0. The van der Waals surface area contributed by atoms with Crippen molar-refractivity contribution >= 4 is 50.6 Å². The van der Waals surface area contributed by atoms with Crippen LogP contribution in [0.15, 0.2) is 28.7 Å². The zero-order valence-corrected chi connectivity index (χ0v) is 12.7. The van der Waals surface area contributed by atoms with Crippen LogP contribution in [0.3, 0.4) is 0 Å². The maximum absolute atomic E-state index is 10.6. The maximum atomic E-state index is 10.6.